The van der Waals surface area contributed by atoms with Gasteiger partial charge in [-0.2, -0.15) is 18.3 Å². The lowest BCUT2D eigenvalue weighted by Crippen LogP contribution is -2.48. The number of benzene rings is 1. The Hall–Kier alpha value is -3.51. The number of aliphatic hydroxyl groups is 1. The van der Waals surface area contributed by atoms with Gasteiger partial charge >= 0.3 is 6.18 Å². The van der Waals surface area contributed by atoms with Gasteiger partial charge in [-0.05, 0) is 45.2 Å². The average molecular weight is 505 g/mol. The number of carbonyl (C=O) groups excluding carboxylic acids is 2. The Morgan fingerprint density at radius 1 is 1.11 bits per heavy atom. The van der Waals surface area contributed by atoms with Crippen molar-refractivity contribution in [1.82, 2.24) is 24.6 Å². The van der Waals surface area contributed by atoms with Crippen molar-refractivity contribution >= 4 is 28.4 Å². The average Bonchev–Trinajstić information content (AvgIpc) is 3.19. The smallest absolute Gasteiger partial charge is 0.386 e. The number of pyridine rings is 1. The van der Waals surface area contributed by atoms with Gasteiger partial charge in [0.2, 0.25) is 5.91 Å². The molecule has 4 rings (SSSR count). The minimum absolute atomic E-state index is 0.0338. The largest absolute Gasteiger partial charge is 0.433 e. The summed E-state index contributed by atoms with van der Waals surface area (Å²) in [6.07, 6.45) is -3.04. The van der Waals surface area contributed by atoms with E-state index < -0.39 is 29.1 Å². The van der Waals surface area contributed by atoms with Crippen molar-refractivity contribution in [3.05, 3.63) is 53.5 Å². The number of anilines is 1. The van der Waals surface area contributed by atoms with Gasteiger partial charge in [-0.25, -0.2) is 4.98 Å². The molecule has 1 saturated heterocycles. The third-order valence-electron chi connectivity index (χ3n) is 6.02. The molecule has 1 fully saturated rings. The second kappa shape index (κ2) is 9.51. The second-order valence-electron chi connectivity index (χ2n) is 9.39. The number of hydrogen-bond acceptors (Lipinski definition) is 6. The topological polar surface area (TPSA) is 104 Å². The van der Waals surface area contributed by atoms with Crippen molar-refractivity contribution < 1.29 is 27.9 Å². The molecule has 1 aromatic carbocycles. The summed E-state index contributed by atoms with van der Waals surface area (Å²) in [5, 5.41) is 18.3. The molecule has 2 amide bonds. The van der Waals surface area contributed by atoms with Crippen LogP contribution in [0.15, 0.2) is 36.5 Å². The molecule has 12 heteroatoms. The zero-order valence-corrected chi connectivity index (χ0v) is 20.1. The fourth-order valence-electron chi connectivity index (χ4n) is 4.01. The van der Waals surface area contributed by atoms with E-state index in [4.69, 9.17) is 0 Å². The molecule has 3 aromatic rings. The normalized spacial score (nSPS) is 15.4. The number of likely N-dealkylation sites (N-methyl/N-ethyl adjacent to an activating group) is 1. The summed E-state index contributed by atoms with van der Waals surface area (Å²) in [4.78, 5) is 32.8. The zero-order chi connectivity index (χ0) is 26.3. The van der Waals surface area contributed by atoms with Gasteiger partial charge in [-0.15, -0.1) is 0 Å². The van der Waals surface area contributed by atoms with Gasteiger partial charge in [0.25, 0.3) is 5.91 Å². The lowest BCUT2D eigenvalue weighted by molar-refractivity contribution is -0.141. The summed E-state index contributed by atoms with van der Waals surface area (Å²) in [6, 6.07) is 6.21. The monoisotopic (exact) mass is 504 g/mol. The molecule has 0 saturated carbocycles. The molecule has 36 heavy (non-hydrogen) atoms. The Morgan fingerprint density at radius 2 is 1.81 bits per heavy atom. The van der Waals surface area contributed by atoms with Crippen molar-refractivity contribution in [3.8, 4) is 0 Å². The summed E-state index contributed by atoms with van der Waals surface area (Å²) in [7, 11) is 2.00. The van der Waals surface area contributed by atoms with E-state index in [9.17, 15) is 27.9 Å². The predicted octanol–water partition coefficient (Wildman–Crippen LogP) is 2.70. The number of halogens is 3. The number of rotatable bonds is 5. The SMILES string of the molecule is CN1CCN(C(=O)Cn2cc3cc(NC(=O)c4cccc(C(F)(F)F)n4)c(C(C)(C)O)cc3n2)CC1. The maximum atomic E-state index is 13.0. The van der Waals surface area contributed by atoms with Crippen LogP contribution in [0.25, 0.3) is 10.9 Å². The number of amides is 2. The van der Waals surface area contributed by atoms with Crippen molar-refractivity contribution in [1.29, 1.82) is 0 Å². The molecule has 0 aliphatic carbocycles. The van der Waals surface area contributed by atoms with Crippen LogP contribution in [-0.4, -0.2) is 74.7 Å². The standard InChI is InChI=1S/C24H27F3N6O3/c1-23(2,36)16-12-18-15(13-33(30-18)14-21(34)32-9-7-31(3)8-10-32)11-19(16)29-22(35)17-5-4-6-20(28-17)24(25,26)27/h4-6,11-13,36H,7-10,14H2,1-3H3,(H,29,35). The molecule has 192 valence electrons. The third-order valence-corrected chi connectivity index (χ3v) is 6.02. The summed E-state index contributed by atoms with van der Waals surface area (Å²) in [6.45, 7) is 5.93. The Morgan fingerprint density at radius 3 is 2.44 bits per heavy atom. The van der Waals surface area contributed by atoms with Crippen molar-refractivity contribution in [2.24, 2.45) is 0 Å². The number of alkyl halides is 3. The molecule has 1 aliphatic heterocycles. The molecule has 3 heterocycles. The number of nitrogens with one attached hydrogen (secondary N) is 1. The van der Waals surface area contributed by atoms with Gasteiger partial charge in [-0.3, -0.25) is 14.3 Å². The van der Waals surface area contributed by atoms with E-state index in [0.717, 1.165) is 25.2 Å². The first kappa shape index (κ1) is 25.6. The highest BCUT2D eigenvalue weighted by molar-refractivity contribution is 6.04. The third kappa shape index (κ3) is 5.65. The number of aromatic nitrogens is 3. The number of piperazine rings is 1. The van der Waals surface area contributed by atoms with Crippen LogP contribution in [0.3, 0.4) is 0 Å². The summed E-state index contributed by atoms with van der Waals surface area (Å²) in [5.41, 5.74) is -2.00. The Balaban J connectivity index is 1.61. The number of nitrogens with zero attached hydrogens (tertiary/aromatic N) is 5. The molecule has 2 N–H and O–H groups in total. The van der Waals surface area contributed by atoms with Crippen LogP contribution in [0.2, 0.25) is 0 Å². The van der Waals surface area contributed by atoms with Crippen LogP contribution in [0.5, 0.6) is 0 Å². The Bertz CT molecular complexity index is 1290. The van der Waals surface area contributed by atoms with E-state index in [1.54, 1.807) is 23.2 Å². The summed E-state index contributed by atoms with van der Waals surface area (Å²) >= 11 is 0. The summed E-state index contributed by atoms with van der Waals surface area (Å²) in [5.74, 6) is -0.925. The van der Waals surface area contributed by atoms with Crippen LogP contribution < -0.4 is 5.32 Å². The van der Waals surface area contributed by atoms with Crippen LogP contribution >= 0.6 is 0 Å². The predicted molar refractivity (Wildman–Crippen MR) is 126 cm³/mol. The van der Waals surface area contributed by atoms with Crippen molar-refractivity contribution in [2.75, 3.05) is 38.5 Å². The minimum Gasteiger partial charge on any atom is -0.386 e. The molecule has 0 bridgehead atoms. The highest BCUT2D eigenvalue weighted by atomic mass is 19.4. The lowest BCUT2D eigenvalue weighted by Gasteiger charge is -2.32. The zero-order valence-electron chi connectivity index (χ0n) is 20.1. The number of fused-ring (bicyclic) bond motifs is 1. The first-order chi connectivity index (χ1) is 16.8. The number of carbonyl (C=O) groups is 2. The van der Waals surface area contributed by atoms with E-state index in [1.165, 1.54) is 24.6 Å². The molecule has 0 spiro atoms. The Kier molecular flexibility index (Phi) is 6.76. The van der Waals surface area contributed by atoms with E-state index in [2.05, 4.69) is 20.3 Å². The van der Waals surface area contributed by atoms with E-state index >= 15 is 0 Å². The molecule has 0 radical (unpaired) electrons. The molecule has 1 aliphatic rings. The molecule has 0 atom stereocenters. The molecule has 2 aromatic heterocycles. The maximum Gasteiger partial charge on any atom is 0.433 e. The van der Waals surface area contributed by atoms with Crippen molar-refractivity contribution in [3.63, 3.8) is 0 Å². The van der Waals surface area contributed by atoms with E-state index in [-0.39, 0.29) is 18.1 Å². The molecule has 9 nitrogen and oxygen atoms in total. The number of hydrogen-bond donors (Lipinski definition) is 2. The van der Waals surface area contributed by atoms with Gasteiger partial charge in [0, 0.05) is 49.0 Å². The fraction of sp³-hybridized carbons (Fsp3) is 0.417. The van der Waals surface area contributed by atoms with Gasteiger partial charge in [0.05, 0.1) is 11.1 Å². The van der Waals surface area contributed by atoms with Gasteiger partial charge in [0.1, 0.15) is 17.9 Å². The molecular formula is C24H27F3N6O3. The van der Waals surface area contributed by atoms with Crippen molar-refractivity contribution in [2.45, 2.75) is 32.2 Å². The first-order valence-corrected chi connectivity index (χ1v) is 11.4. The molecule has 0 unspecified atom stereocenters. The van der Waals surface area contributed by atoms with Gasteiger partial charge in [-0.1, -0.05) is 6.07 Å². The highest BCUT2D eigenvalue weighted by Gasteiger charge is 2.33. The van der Waals surface area contributed by atoms with Crippen LogP contribution in [0.1, 0.15) is 35.6 Å². The fourth-order valence-corrected chi connectivity index (χ4v) is 4.01. The second-order valence-corrected chi connectivity index (χ2v) is 9.39. The highest BCUT2D eigenvalue weighted by Crippen LogP contribution is 2.32. The van der Waals surface area contributed by atoms with Gasteiger partial charge < -0.3 is 20.2 Å². The quantitative estimate of drug-likeness (QED) is 0.554. The Labute approximate surface area is 205 Å². The lowest BCUT2D eigenvalue weighted by atomic mass is 9.95. The first-order valence-electron chi connectivity index (χ1n) is 11.4. The maximum absolute atomic E-state index is 13.0. The van der Waals surface area contributed by atoms with Crippen LogP contribution in [0, 0.1) is 0 Å². The van der Waals surface area contributed by atoms with E-state index in [1.807, 2.05) is 7.05 Å². The summed E-state index contributed by atoms with van der Waals surface area (Å²) < 4.78 is 40.5. The van der Waals surface area contributed by atoms with E-state index in [0.29, 0.717) is 29.6 Å². The van der Waals surface area contributed by atoms with Crippen LogP contribution in [0.4, 0.5) is 18.9 Å². The molecular weight excluding hydrogens is 477 g/mol. The van der Waals surface area contributed by atoms with Gasteiger partial charge in [0.15, 0.2) is 0 Å². The van der Waals surface area contributed by atoms with Crippen LogP contribution in [-0.2, 0) is 23.1 Å². The minimum atomic E-state index is -4.69.